The van der Waals surface area contributed by atoms with Gasteiger partial charge in [-0.2, -0.15) is 5.10 Å². The molecule has 59 heavy (non-hydrogen) atoms. The summed E-state index contributed by atoms with van der Waals surface area (Å²) >= 11 is 0. The first-order valence-electron chi connectivity index (χ1n) is 20.1. The Morgan fingerprint density at radius 1 is 0.949 bits per heavy atom. The van der Waals surface area contributed by atoms with Crippen molar-refractivity contribution in [3.63, 3.8) is 0 Å². The Balaban J connectivity index is 1.70. The number of allylic oxidation sites excluding steroid dienone is 2. The second kappa shape index (κ2) is 18.0. The minimum Gasteiger partial charge on any atom is -0.507 e. The zero-order chi connectivity index (χ0) is 43.7. The number of methoxy groups -OCH3 is 1. The van der Waals surface area contributed by atoms with Gasteiger partial charge in [0.2, 0.25) is 0 Å². The van der Waals surface area contributed by atoms with Crippen LogP contribution in [-0.4, -0.2) is 119 Å². The number of ketones is 1. The third-order valence-electron chi connectivity index (χ3n) is 12.4. The zero-order valence-corrected chi connectivity index (χ0v) is 35.9. The summed E-state index contributed by atoms with van der Waals surface area (Å²) in [6, 6.07) is 0. The number of hydrogen-bond donors (Lipinski definition) is 5. The SMILES string of the molecule is CO[C@H]1/C=C/O[C@@]2(C)Oc3c(C)c(O)c4c(O)c(c(C=NN5CCN(C)CC5)c(O)c4c3C2=O)NC(=O)/C(C)=C\C=C\[C@H](C)[C@H](O)[C@@H](C)[C@@H](C)[C@@H](C)[C@H](OC(C)=O)[C@@H]1C. The quantitative estimate of drug-likeness (QED) is 0.111. The molecule has 0 saturated carbocycles. The van der Waals surface area contributed by atoms with E-state index in [0.717, 1.165) is 13.1 Å². The lowest BCUT2D eigenvalue weighted by molar-refractivity contribution is -0.157. The van der Waals surface area contributed by atoms with Crippen LogP contribution in [-0.2, 0) is 23.8 Å². The van der Waals surface area contributed by atoms with Gasteiger partial charge in [0.25, 0.3) is 11.7 Å². The number of hydrogen-bond acceptors (Lipinski definition) is 14. The van der Waals surface area contributed by atoms with Gasteiger partial charge in [-0.05, 0) is 44.7 Å². The second-order valence-electron chi connectivity index (χ2n) is 16.5. The number of amides is 1. The van der Waals surface area contributed by atoms with Crippen molar-refractivity contribution in [1.82, 2.24) is 9.91 Å². The standard InChI is InChI=1S/C44H60N4O11/c1-22-13-12-14-23(2)43(55)46-35-30(21-45-48-18-16-47(10)17-19-48)38(52)32-33(39(35)53)37(51)28(7)41-34(32)42(54)44(9,59-41)57-20-15-31(56-11)27(6)40(58-29(8)49)26(5)24(3)25(4)36(22)50/h12-15,20-22,24-27,31,36,40,50-53H,16-19H2,1-11H3,(H,46,55)/b13-12+,20-15+,23-14-,45-21?/t22-,24+,25-,26+,27+,31-,36-,40-,44-/m0/s1. The monoisotopic (exact) mass is 820 g/mol. The molecular weight excluding hydrogens is 761 g/mol. The molecule has 2 aromatic rings. The lowest BCUT2D eigenvalue weighted by Crippen LogP contribution is -2.43. The number of esters is 1. The average Bonchev–Trinajstić information content (AvgIpc) is 3.46. The highest BCUT2D eigenvalue weighted by Crippen LogP contribution is 2.55. The molecule has 9 atom stereocenters. The molecule has 0 unspecified atom stereocenters. The fraction of sp³-hybridized carbons (Fsp3) is 0.545. The van der Waals surface area contributed by atoms with Crippen LogP contribution >= 0.6 is 0 Å². The molecule has 1 amide bonds. The minimum absolute atomic E-state index is 0.0691. The summed E-state index contributed by atoms with van der Waals surface area (Å²) in [5, 5.41) is 55.6. The van der Waals surface area contributed by atoms with E-state index in [2.05, 4.69) is 15.3 Å². The van der Waals surface area contributed by atoms with E-state index in [9.17, 15) is 34.8 Å². The van der Waals surface area contributed by atoms with E-state index in [-0.39, 0.29) is 68.1 Å². The number of piperazine rings is 1. The molecule has 5 bridgehead atoms. The summed E-state index contributed by atoms with van der Waals surface area (Å²) in [4.78, 5) is 42.8. The number of hydrazone groups is 1. The number of nitrogens with zero attached hydrogens (tertiary/aromatic N) is 3. The molecule has 2 aromatic carbocycles. The number of aliphatic hydroxyl groups is 1. The Kier molecular flexibility index (Phi) is 13.7. The number of rotatable bonds is 4. The summed E-state index contributed by atoms with van der Waals surface area (Å²) < 4.78 is 23.9. The second-order valence-corrected chi connectivity index (χ2v) is 16.5. The molecule has 0 aliphatic carbocycles. The number of ether oxygens (including phenoxy) is 4. The Morgan fingerprint density at radius 3 is 2.24 bits per heavy atom. The van der Waals surface area contributed by atoms with E-state index < -0.39 is 64.9 Å². The topological polar surface area (TPSA) is 200 Å². The van der Waals surface area contributed by atoms with Crippen LogP contribution < -0.4 is 10.1 Å². The van der Waals surface area contributed by atoms with Gasteiger partial charge < -0.3 is 49.6 Å². The first-order chi connectivity index (χ1) is 27.7. The summed E-state index contributed by atoms with van der Waals surface area (Å²) in [7, 11) is 3.49. The number of anilines is 1. The van der Waals surface area contributed by atoms with E-state index in [1.165, 1.54) is 40.4 Å². The van der Waals surface area contributed by atoms with Crippen LogP contribution in [0.1, 0.15) is 76.9 Å². The molecule has 6 rings (SSSR count). The number of carbonyl (C=O) groups is 3. The van der Waals surface area contributed by atoms with Gasteiger partial charge in [0.05, 0.1) is 46.9 Å². The molecule has 0 radical (unpaired) electrons. The lowest BCUT2D eigenvalue weighted by atomic mass is 9.73. The molecule has 4 heterocycles. The van der Waals surface area contributed by atoms with Crippen LogP contribution in [0.15, 0.2) is 41.2 Å². The van der Waals surface area contributed by atoms with E-state index in [0.29, 0.717) is 13.1 Å². The number of fused-ring (bicyclic) bond motifs is 14. The van der Waals surface area contributed by atoms with Crippen molar-refractivity contribution in [3.8, 4) is 23.0 Å². The highest BCUT2D eigenvalue weighted by atomic mass is 16.7. The molecule has 1 fully saturated rings. The maximum Gasteiger partial charge on any atom is 0.312 e. The van der Waals surface area contributed by atoms with Gasteiger partial charge in [0.15, 0.2) is 5.75 Å². The Hall–Kier alpha value is -5.12. The van der Waals surface area contributed by atoms with Crippen molar-refractivity contribution in [2.75, 3.05) is 45.7 Å². The largest absolute Gasteiger partial charge is 0.507 e. The van der Waals surface area contributed by atoms with Crippen molar-refractivity contribution in [2.45, 2.75) is 86.4 Å². The van der Waals surface area contributed by atoms with Crippen LogP contribution in [0.2, 0.25) is 0 Å². The minimum atomic E-state index is -2.00. The molecule has 15 heteroatoms. The first-order valence-corrected chi connectivity index (χ1v) is 20.1. The number of aromatic hydroxyl groups is 3. The van der Waals surface area contributed by atoms with E-state index in [4.69, 9.17) is 18.9 Å². The number of aliphatic hydroxyl groups excluding tert-OH is 1. The van der Waals surface area contributed by atoms with Crippen LogP contribution in [0.3, 0.4) is 0 Å². The fourth-order valence-corrected chi connectivity index (χ4v) is 8.14. The summed E-state index contributed by atoms with van der Waals surface area (Å²) in [5.41, 5.74) is -0.198. The van der Waals surface area contributed by atoms with Crippen molar-refractivity contribution in [1.29, 1.82) is 0 Å². The molecule has 1 saturated heterocycles. The normalized spacial score (nSPS) is 32.1. The van der Waals surface area contributed by atoms with Crippen molar-refractivity contribution >= 4 is 40.3 Å². The van der Waals surface area contributed by atoms with Gasteiger partial charge in [-0.1, -0.05) is 52.8 Å². The summed E-state index contributed by atoms with van der Waals surface area (Å²) in [5.74, 6) is -6.95. The van der Waals surface area contributed by atoms with Gasteiger partial charge in [0, 0.05) is 75.5 Å². The average molecular weight is 821 g/mol. The third-order valence-corrected chi connectivity index (χ3v) is 12.4. The van der Waals surface area contributed by atoms with E-state index in [1.807, 2.05) is 41.7 Å². The number of carbonyl (C=O) groups excluding carboxylic acids is 3. The number of Topliss-reactive ketones (excluding diaryl/α,β-unsaturated/α-hetero) is 1. The maximum atomic E-state index is 14.5. The van der Waals surface area contributed by atoms with Gasteiger partial charge in [-0.25, -0.2) is 0 Å². The van der Waals surface area contributed by atoms with E-state index >= 15 is 0 Å². The first kappa shape index (κ1) is 45.0. The predicted octanol–water partition coefficient (Wildman–Crippen LogP) is 5.61. The number of likely N-dealkylation sites (N-methyl/N-ethyl adjacent to an activating group) is 1. The number of nitrogens with one attached hydrogen (secondary N) is 1. The molecule has 0 spiro atoms. The van der Waals surface area contributed by atoms with Crippen LogP contribution in [0.4, 0.5) is 5.69 Å². The lowest BCUT2D eigenvalue weighted by Gasteiger charge is -2.39. The number of phenols is 3. The Bertz CT molecular complexity index is 2070. The fourth-order valence-electron chi connectivity index (χ4n) is 8.14. The highest BCUT2D eigenvalue weighted by Gasteiger charge is 2.50. The van der Waals surface area contributed by atoms with Crippen molar-refractivity contribution in [2.24, 2.45) is 34.7 Å². The molecule has 5 N–H and O–H groups in total. The van der Waals surface area contributed by atoms with Crippen molar-refractivity contribution < 1.29 is 53.8 Å². The highest BCUT2D eigenvalue weighted by molar-refractivity contribution is 6.23. The molecule has 15 nitrogen and oxygen atoms in total. The molecule has 4 aliphatic rings. The third kappa shape index (κ3) is 8.92. The number of phenolic OH excluding ortho intramolecular Hbond substituents is 3. The molecule has 0 aromatic heterocycles. The Morgan fingerprint density at radius 2 is 1.61 bits per heavy atom. The van der Waals surface area contributed by atoms with Crippen LogP contribution in [0.25, 0.3) is 10.8 Å². The van der Waals surface area contributed by atoms with Crippen molar-refractivity contribution in [3.05, 3.63) is 52.8 Å². The predicted molar refractivity (Wildman–Crippen MR) is 224 cm³/mol. The van der Waals surface area contributed by atoms with Gasteiger partial charge in [0.1, 0.15) is 23.4 Å². The van der Waals surface area contributed by atoms with Crippen LogP contribution in [0, 0.1) is 36.5 Å². The van der Waals surface area contributed by atoms with Gasteiger partial charge in [-0.3, -0.25) is 19.4 Å². The van der Waals surface area contributed by atoms with Gasteiger partial charge in [-0.15, -0.1) is 0 Å². The smallest absolute Gasteiger partial charge is 0.312 e. The summed E-state index contributed by atoms with van der Waals surface area (Å²) in [6.45, 7) is 18.0. The Labute approximate surface area is 345 Å². The van der Waals surface area contributed by atoms with E-state index in [1.54, 1.807) is 36.2 Å². The molecule has 322 valence electrons. The van der Waals surface area contributed by atoms with Gasteiger partial charge >= 0.3 is 11.8 Å². The van der Waals surface area contributed by atoms with Crippen LogP contribution in [0.5, 0.6) is 23.0 Å². The zero-order valence-electron chi connectivity index (χ0n) is 35.9. The summed E-state index contributed by atoms with van der Waals surface area (Å²) in [6.07, 6.45) is 7.03. The molecule has 4 aliphatic heterocycles. The molecular formula is C44H60N4O11. The number of benzene rings is 2. The maximum absolute atomic E-state index is 14.5.